The Morgan fingerprint density at radius 1 is 0.926 bits per heavy atom. The fourth-order valence-electron chi connectivity index (χ4n) is 3.13. The molecule has 0 saturated carbocycles. The first-order chi connectivity index (χ1) is 12.4. The lowest BCUT2D eigenvalue weighted by molar-refractivity contribution is -0.127. The van der Waals surface area contributed by atoms with Crippen molar-refractivity contribution in [3.8, 4) is 17.2 Å². The van der Waals surface area contributed by atoms with Crippen molar-refractivity contribution < 1.29 is 19.7 Å². The van der Waals surface area contributed by atoms with E-state index in [-0.39, 0.29) is 22.3 Å². The molecule has 1 aliphatic rings. The zero-order chi connectivity index (χ0) is 20.1. The summed E-state index contributed by atoms with van der Waals surface area (Å²) in [4.78, 5) is 12.6. The third-order valence-electron chi connectivity index (χ3n) is 4.78. The summed E-state index contributed by atoms with van der Waals surface area (Å²) in [5.74, 6) is 0.0277. The van der Waals surface area contributed by atoms with Gasteiger partial charge in [0.25, 0.3) is 0 Å². The molecule has 2 N–H and O–H groups in total. The van der Waals surface area contributed by atoms with Gasteiger partial charge in [0, 0.05) is 22.8 Å². The highest BCUT2D eigenvalue weighted by Gasteiger charge is 2.35. The molecule has 0 fully saturated rings. The van der Waals surface area contributed by atoms with Crippen molar-refractivity contribution in [2.75, 3.05) is 0 Å². The van der Waals surface area contributed by atoms with Gasteiger partial charge in [0.05, 0.1) is 5.57 Å². The lowest BCUT2D eigenvalue weighted by Crippen LogP contribution is -2.17. The van der Waals surface area contributed by atoms with E-state index in [1.807, 2.05) is 6.07 Å². The molecule has 27 heavy (non-hydrogen) atoms. The van der Waals surface area contributed by atoms with Crippen LogP contribution < -0.4 is 4.74 Å². The highest BCUT2D eigenvalue weighted by atomic mass is 16.5. The molecule has 2 aromatic rings. The number of phenolic OH excluding ortho intramolecular Hbond substituents is 2. The fourth-order valence-corrected chi connectivity index (χ4v) is 3.13. The Morgan fingerprint density at radius 2 is 1.59 bits per heavy atom. The minimum atomic E-state index is -0.436. The van der Waals surface area contributed by atoms with Crippen LogP contribution in [0.3, 0.4) is 0 Å². The molecule has 0 spiro atoms. The van der Waals surface area contributed by atoms with E-state index in [4.69, 9.17) is 4.74 Å². The number of phenols is 2. The summed E-state index contributed by atoms with van der Waals surface area (Å²) in [6.45, 7) is 12.7. The summed E-state index contributed by atoms with van der Waals surface area (Å²) in [6, 6.07) is 8.41. The molecule has 4 heteroatoms. The van der Waals surface area contributed by atoms with E-state index in [2.05, 4.69) is 47.6 Å². The Morgan fingerprint density at radius 3 is 2.15 bits per heavy atom. The summed E-state index contributed by atoms with van der Waals surface area (Å²) < 4.78 is 5.64. The molecule has 3 rings (SSSR count). The molecule has 0 radical (unpaired) electrons. The maximum absolute atomic E-state index is 12.6. The first-order valence-corrected chi connectivity index (χ1v) is 9.03. The van der Waals surface area contributed by atoms with Crippen LogP contribution in [0.1, 0.15) is 63.8 Å². The third kappa shape index (κ3) is 3.57. The number of hydrogen-bond donors (Lipinski definition) is 2. The van der Waals surface area contributed by atoms with Crippen molar-refractivity contribution in [3.05, 3.63) is 52.6 Å². The lowest BCUT2D eigenvalue weighted by Gasteiger charge is -2.26. The Bertz CT molecular complexity index is 954. The number of esters is 1. The van der Waals surface area contributed by atoms with Gasteiger partial charge in [-0.2, -0.15) is 0 Å². The molecule has 2 aromatic carbocycles. The average molecular weight is 366 g/mol. The van der Waals surface area contributed by atoms with Crippen LogP contribution in [0.25, 0.3) is 11.6 Å². The van der Waals surface area contributed by atoms with Crippen LogP contribution in [-0.2, 0) is 15.6 Å². The Hall–Kier alpha value is -2.75. The number of carbonyl (C=O) groups is 1. The van der Waals surface area contributed by atoms with Crippen LogP contribution in [0.2, 0.25) is 0 Å². The molecule has 0 aromatic heterocycles. The van der Waals surface area contributed by atoms with Crippen LogP contribution >= 0.6 is 0 Å². The van der Waals surface area contributed by atoms with Gasteiger partial charge >= 0.3 is 5.97 Å². The zero-order valence-corrected chi connectivity index (χ0v) is 16.7. The standard InChI is InChI=1S/C23H26O4/c1-22(2,3)14-10-16-17(9-13-7-8-15(24)12-19(13)25)21(26)27-20(16)18(11-14)23(4,5)6/h7-12,24-25H,1-6H3/b17-9-. The van der Waals surface area contributed by atoms with Gasteiger partial charge in [-0.25, -0.2) is 4.79 Å². The largest absolute Gasteiger partial charge is 0.508 e. The van der Waals surface area contributed by atoms with E-state index in [0.29, 0.717) is 16.9 Å². The van der Waals surface area contributed by atoms with Crippen molar-refractivity contribution in [2.24, 2.45) is 0 Å². The van der Waals surface area contributed by atoms with Crippen LogP contribution in [0.15, 0.2) is 30.3 Å². The number of carbonyl (C=O) groups excluding carboxylic acids is 1. The average Bonchev–Trinajstić information content (AvgIpc) is 2.83. The summed E-state index contributed by atoms with van der Waals surface area (Å²) in [7, 11) is 0. The number of fused-ring (bicyclic) bond motifs is 1. The highest BCUT2D eigenvalue weighted by Crippen LogP contribution is 2.45. The fraction of sp³-hybridized carbons (Fsp3) is 0.348. The molecular formula is C23H26O4. The molecular weight excluding hydrogens is 340 g/mol. The van der Waals surface area contributed by atoms with Crippen LogP contribution in [0.4, 0.5) is 0 Å². The van der Waals surface area contributed by atoms with Crippen LogP contribution in [0.5, 0.6) is 17.2 Å². The second kappa shape index (κ2) is 6.15. The minimum absolute atomic E-state index is 0.0333. The van der Waals surface area contributed by atoms with E-state index in [1.165, 1.54) is 12.1 Å². The molecule has 0 unspecified atom stereocenters. The normalized spacial score (nSPS) is 15.8. The maximum atomic E-state index is 12.6. The van der Waals surface area contributed by atoms with Crippen molar-refractivity contribution in [2.45, 2.75) is 52.4 Å². The van der Waals surface area contributed by atoms with Gasteiger partial charge in [0.2, 0.25) is 0 Å². The Kier molecular flexibility index (Phi) is 4.34. The SMILES string of the molecule is CC(C)(C)c1cc2c(c(C(C)(C)C)c1)OC(=O)/C2=C\c1ccc(O)cc1O. The van der Waals surface area contributed by atoms with Crippen LogP contribution in [0, 0.1) is 0 Å². The van der Waals surface area contributed by atoms with Gasteiger partial charge in [-0.3, -0.25) is 0 Å². The topological polar surface area (TPSA) is 66.8 Å². The number of hydrogen-bond acceptors (Lipinski definition) is 4. The predicted octanol–water partition coefficient (Wildman–Crippen LogP) is 5.15. The quantitative estimate of drug-likeness (QED) is 0.416. The minimum Gasteiger partial charge on any atom is -0.508 e. The van der Waals surface area contributed by atoms with Crippen molar-refractivity contribution >= 4 is 17.6 Å². The first-order valence-electron chi connectivity index (χ1n) is 9.03. The van der Waals surface area contributed by atoms with Crippen molar-refractivity contribution in [1.82, 2.24) is 0 Å². The van der Waals surface area contributed by atoms with E-state index in [1.54, 1.807) is 12.1 Å². The third-order valence-corrected chi connectivity index (χ3v) is 4.78. The Balaban J connectivity index is 2.26. The lowest BCUT2D eigenvalue weighted by atomic mass is 9.78. The first kappa shape index (κ1) is 19.0. The molecule has 0 aliphatic carbocycles. The molecule has 0 bridgehead atoms. The van der Waals surface area contributed by atoms with Crippen LogP contribution in [-0.4, -0.2) is 16.2 Å². The predicted molar refractivity (Wildman–Crippen MR) is 107 cm³/mol. The van der Waals surface area contributed by atoms with Gasteiger partial charge in [-0.05, 0) is 40.7 Å². The van der Waals surface area contributed by atoms with Crippen molar-refractivity contribution in [3.63, 3.8) is 0 Å². The summed E-state index contributed by atoms with van der Waals surface area (Å²) in [5.41, 5.74) is 3.41. The molecule has 1 heterocycles. The number of rotatable bonds is 1. The molecule has 142 valence electrons. The molecule has 0 saturated heterocycles. The second-order valence-electron chi connectivity index (χ2n) is 9.09. The van der Waals surface area contributed by atoms with E-state index >= 15 is 0 Å². The summed E-state index contributed by atoms with van der Waals surface area (Å²) >= 11 is 0. The van der Waals surface area contributed by atoms with Gasteiger partial charge in [0.15, 0.2) is 0 Å². The molecule has 0 amide bonds. The smallest absolute Gasteiger partial charge is 0.344 e. The van der Waals surface area contributed by atoms with Gasteiger partial charge in [0.1, 0.15) is 17.2 Å². The second-order valence-corrected chi connectivity index (χ2v) is 9.09. The van der Waals surface area contributed by atoms with E-state index < -0.39 is 5.97 Å². The monoisotopic (exact) mass is 366 g/mol. The molecule has 0 atom stereocenters. The van der Waals surface area contributed by atoms with Gasteiger partial charge in [-0.15, -0.1) is 0 Å². The summed E-state index contributed by atoms with van der Waals surface area (Å²) in [5, 5.41) is 19.6. The molecule has 4 nitrogen and oxygen atoms in total. The Labute approximate surface area is 160 Å². The number of ether oxygens (including phenoxy) is 1. The zero-order valence-electron chi connectivity index (χ0n) is 16.7. The maximum Gasteiger partial charge on any atom is 0.344 e. The number of benzene rings is 2. The van der Waals surface area contributed by atoms with E-state index in [0.717, 1.165) is 16.7 Å². The van der Waals surface area contributed by atoms with Gasteiger partial charge < -0.3 is 14.9 Å². The summed E-state index contributed by atoms with van der Waals surface area (Å²) in [6.07, 6.45) is 1.61. The van der Waals surface area contributed by atoms with Crippen molar-refractivity contribution in [1.29, 1.82) is 0 Å². The van der Waals surface area contributed by atoms with E-state index in [9.17, 15) is 15.0 Å². The molecule has 1 aliphatic heterocycles. The number of aromatic hydroxyl groups is 2. The highest BCUT2D eigenvalue weighted by molar-refractivity contribution is 6.26. The van der Waals surface area contributed by atoms with Gasteiger partial charge in [-0.1, -0.05) is 47.6 Å².